The lowest BCUT2D eigenvalue weighted by molar-refractivity contribution is 0.0527. The first kappa shape index (κ1) is 16.0. The number of nitriles is 1. The molecule has 0 unspecified atom stereocenters. The van der Waals surface area contributed by atoms with Gasteiger partial charge in [0.05, 0.1) is 18.2 Å². The molecule has 24 heavy (non-hydrogen) atoms. The van der Waals surface area contributed by atoms with Crippen LogP contribution in [0.25, 0.3) is 10.1 Å². The van der Waals surface area contributed by atoms with Crippen molar-refractivity contribution in [2.24, 2.45) is 0 Å². The zero-order valence-electron chi connectivity index (χ0n) is 13.1. The largest absolute Gasteiger partial charge is 0.486 e. The van der Waals surface area contributed by atoms with Crippen molar-refractivity contribution in [2.75, 3.05) is 6.61 Å². The normalized spacial score (nSPS) is 10.3. The highest BCUT2D eigenvalue weighted by Gasteiger charge is 2.20. The van der Waals surface area contributed by atoms with Gasteiger partial charge < -0.3 is 9.47 Å². The highest BCUT2D eigenvalue weighted by atomic mass is 32.1. The van der Waals surface area contributed by atoms with Crippen LogP contribution in [0.15, 0.2) is 48.5 Å². The van der Waals surface area contributed by atoms with Crippen LogP contribution in [0.5, 0.6) is 5.75 Å². The number of esters is 1. The number of ether oxygens (including phenoxy) is 2. The fourth-order valence-electron chi connectivity index (χ4n) is 2.38. The molecule has 120 valence electrons. The number of thiophene rings is 1. The molecule has 1 aromatic heterocycles. The molecule has 4 nitrogen and oxygen atoms in total. The molecule has 0 aliphatic carbocycles. The van der Waals surface area contributed by atoms with Crippen LogP contribution in [0.2, 0.25) is 0 Å². The number of rotatable bonds is 5. The van der Waals surface area contributed by atoms with E-state index in [1.165, 1.54) is 11.3 Å². The molecule has 1 heterocycles. The molecule has 0 bridgehead atoms. The Balaban J connectivity index is 1.93. The second-order valence-electron chi connectivity index (χ2n) is 5.08. The first-order valence-electron chi connectivity index (χ1n) is 7.53. The molecular weight excluding hydrogens is 322 g/mol. The van der Waals surface area contributed by atoms with Crippen molar-refractivity contribution in [3.05, 3.63) is 64.5 Å². The number of hydrogen-bond donors (Lipinski definition) is 0. The molecule has 2 aromatic carbocycles. The average Bonchev–Trinajstić information content (AvgIpc) is 2.99. The molecule has 0 radical (unpaired) electrons. The quantitative estimate of drug-likeness (QED) is 0.642. The Morgan fingerprint density at radius 3 is 2.83 bits per heavy atom. The van der Waals surface area contributed by atoms with Crippen LogP contribution >= 0.6 is 11.3 Å². The Morgan fingerprint density at radius 2 is 2.04 bits per heavy atom. The monoisotopic (exact) mass is 337 g/mol. The number of fused-ring (bicyclic) bond motifs is 1. The first-order valence-corrected chi connectivity index (χ1v) is 8.35. The molecule has 0 aliphatic rings. The maximum Gasteiger partial charge on any atom is 0.352 e. The summed E-state index contributed by atoms with van der Waals surface area (Å²) in [5.41, 5.74) is 1.45. The summed E-state index contributed by atoms with van der Waals surface area (Å²) in [6, 6.07) is 17.0. The van der Waals surface area contributed by atoms with E-state index in [2.05, 4.69) is 6.07 Å². The van der Waals surface area contributed by atoms with Gasteiger partial charge in [0.1, 0.15) is 6.61 Å². The van der Waals surface area contributed by atoms with Crippen molar-refractivity contribution in [1.82, 2.24) is 0 Å². The second-order valence-corrected chi connectivity index (χ2v) is 6.13. The SMILES string of the molecule is CCOC(=O)c1sc2ccccc2c1OCc1cccc(C#N)c1. The van der Waals surface area contributed by atoms with Gasteiger partial charge in [-0.05, 0) is 36.8 Å². The highest BCUT2D eigenvalue weighted by molar-refractivity contribution is 7.21. The maximum absolute atomic E-state index is 12.2. The van der Waals surface area contributed by atoms with Crippen LogP contribution < -0.4 is 4.74 Å². The topological polar surface area (TPSA) is 59.3 Å². The highest BCUT2D eigenvalue weighted by Crippen LogP contribution is 2.38. The molecule has 0 atom stereocenters. The van der Waals surface area contributed by atoms with Crippen molar-refractivity contribution in [1.29, 1.82) is 5.26 Å². The Kier molecular flexibility index (Phi) is 4.78. The summed E-state index contributed by atoms with van der Waals surface area (Å²) in [5.74, 6) is 0.163. The Morgan fingerprint density at radius 1 is 1.21 bits per heavy atom. The van der Waals surface area contributed by atoms with Crippen molar-refractivity contribution < 1.29 is 14.3 Å². The molecule has 3 aromatic rings. The van der Waals surface area contributed by atoms with E-state index in [9.17, 15) is 4.79 Å². The third-order valence-electron chi connectivity index (χ3n) is 3.45. The van der Waals surface area contributed by atoms with Crippen LogP contribution in [0, 0.1) is 11.3 Å². The van der Waals surface area contributed by atoms with Gasteiger partial charge in [-0.1, -0.05) is 24.3 Å². The van der Waals surface area contributed by atoms with Gasteiger partial charge in [0.2, 0.25) is 0 Å². The third-order valence-corrected chi connectivity index (χ3v) is 4.58. The predicted molar refractivity (Wildman–Crippen MR) is 93.3 cm³/mol. The van der Waals surface area contributed by atoms with E-state index in [1.807, 2.05) is 36.4 Å². The number of carbonyl (C=O) groups is 1. The van der Waals surface area contributed by atoms with Gasteiger partial charge in [-0.15, -0.1) is 11.3 Å². The van der Waals surface area contributed by atoms with Crippen LogP contribution in [0.1, 0.15) is 27.7 Å². The molecule has 0 amide bonds. The van der Waals surface area contributed by atoms with Crippen molar-refractivity contribution in [3.8, 4) is 11.8 Å². The Hall–Kier alpha value is -2.84. The molecule has 0 saturated heterocycles. The fourth-order valence-corrected chi connectivity index (χ4v) is 3.42. The van der Waals surface area contributed by atoms with E-state index in [0.717, 1.165) is 15.6 Å². The minimum absolute atomic E-state index is 0.280. The van der Waals surface area contributed by atoms with E-state index in [4.69, 9.17) is 14.7 Å². The van der Waals surface area contributed by atoms with E-state index in [-0.39, 0.29) is 12.6 Å². The van der Waals surface area contributed by atoms with Crippen molar-refractivity contribution in [3.63, 3.8) is 0 Å². The summed E-state index contributed by atoms with van der Waals surface area (Å²) in [5, 5.41) is 9.87. The number of benzene rings is 2. The summed E-state index contributed by atoms with van der Waals surface area (Å²) in [4.78, 5) is 12.7. The van der Waals surface area contributed by atoms with E-state index < -0.39 is 0 Å². The summed E-state index contributed by atoms with van der Waals surface area (Å²) in [7, 11) is 0. The van der Waals surface area contributed by atoms with Gasteiger partial charge >= 0.3 is 5.97 Å². The zero-order chi connectivity index (χ0) is 16.9. The van der Waals surface area contributed by atoms with E-state index >= 15 is 0 Å². The zero-order valence-corrected chi connectivity index (χ0v) is 13.9. The average molecular weight is 337 g/mol. The molecule has 0 spiro atoms. The second kappa shape index (κ2) is 7.16. The van der Waals surface area contributed by atoms with Crippen molar-refractivity contribution >= 4 is 27.4 Å². The number of hydrogen-bond acceptors (Lipinski definition) is 5. The van der Waals surface area contributed by atoms with Crippen LogP contribution in [0.3, 0.4) is 0 Å². The molecular formula is C19H15NO3S. The first-order chi connectivity index (χ1) is 11.7. The molecule has 0 saturated carbocycles. The van der Waals surface area contributed by atoms with Crippen LogP contribution in [0.4, 0.5) is 0 Å². The van der Waals surface area contributed by atoms with Gasteiger partial charge in [0.15, 0.2) is 10.6 Å². The predicted octanol–water partition coefficient (Wildman–Crippen LogP) is 4.53. The number of carbonyl (C=O) groups excluding carboxylic acids is 1. The Bertz CT molecular complexity index is 924. The standard InChI is InChI=1S/C19H15NO3S/c1-2-22-19(21)18-17(15-8-3-4-9-16(15)24-18)23-12-14-7-5-6-13(10-14)11-20/h3-10H,2,12H2,1H3. The smallest absolute Gasteiger partial charge is 0.352 e. The lowest BCUT2D eigenvalue weighted by Crippen LogP contribution is -2.05. The lowest BCUT2D eigenvalue weighted by Gasteiger charge is -2.08. The molecule has 3 rings (SSSR count). The van der Waals surface area contributed by atoms with Gasteiger partial charge in [-0.3, -0.25) is 0 Å². The van der Waals surface area contributed by atoms with E-state index in [1.54, 1.807) is 19.1 Å². The molecule has 0 N–H and O–H groups in total. The summed E-state index contributed by atoms with van der Waals surface area (Å²) in [6.07, 6.45) is 0. The molecule has 0 fully saturated rings. The lowest BCUT2D eigenvalue weighted by atomic mass is 10.1. The number of nitrogens with zero attached hydrogens (tertiary/aromatic N) is 1. The Labute approximate surface area is 143 Å². The van der Waals surface area contributed by atoms with Gasteiger partial charge in [0.25, 0.3) is 0 Å². The summed E-state index contributed by atoms with van der Waals surface area (Å²) in [6.45, 7) is 2.37. The minimum atomic E-state index is -0.375. The molecule has 0 aliphatic heterocycles. The summed E-state index contributed by atoms with van der Waals surface area (Å²) >= 11 is 1.36. The summed E-state index contributed by atoms with van der Waals surface area (Å²) < 4.78 is 12.1. The van der Waals surface area contributed by atoms with Gasteiger partial charge in [-0.25, -0.2) is 4.79 Å². The van der Waals surface area contributed by atoms with Crippen LogP contribution in [-0.2, 0) is 11.3 Å². The van der Waals surface area contributed by atoms with Gasteiger partial charge in [-0.2, -0.15) is 5.26 Å². The van der Waals surface area contributed by atoms with Crippen LogP contribution in [-0.4, -0.2) is 12.6 Å². The minimum Gasteiger partial charge on any atom is -0.486 e. The van der Waals surface area contributed by atoms with Gasteiger partial charge in [0, 0.05) is 10.1 Å². The molecule has 5 heteroatoms. The van der Waals surface area contributed by atoms with E-state index in [0.29, 0.717) is 22.8 Å². The van der Waals surface area contributed by atoms with Crippen molar-refractivity contribution in [2.45, 2.75) is 13.5 Å². The fraction of sp³-hybridized carbons (Fsp3) is 0.158. The maximum atomic E-state index is 12.2. The third kappa shape index (κ3) is 3.24.